The molecule has 1 aromatic heterocycles. The number of hydrogen-bond acceptors (Lipinski definition) is 3. The van der Waals surface area contributed by atoms with E-state index in [1.807, 2.05) is 23.1 Å². The van der Waals surface area contributed by atoms with Crippen LogP contribution in [-0.2, 0) is 11.3 Å². The summed E-state index contributed by atoms with van der Waals surface area (Å²) in [5.74, 6) is 0. The summed E-state index contributed by atoms with van der Waals surface area (Å²) >= 11 is 0. The van der Waals surface area contributed by atoms with Gasteiger partial charge in [0, 0.05) is 25.0 Å². The minimum atomic E-state index is 0.261. The van der Waals surface area contributed by atoms with Crippen LogP contribution >= 0.6 is 0 Å². The monoisotopic (exact) mass is 263 g/mol. The van der Waals surface area contributed by atoms with Crippen molar-refractivity contribution in [2.75, 3.05) is 6.54 Å². The van der Waals surface area contributed by atoms with Crippen LogP contribution in [0.4, 0.5) is 0 Å². The molecule has 3 rings (SSSR count). The molecule has 106 valence electrons. The van der Waals surface area contributed by atoms with Crippen molar-refractivity contribution in [3.8, 4) is 0 Å². The molecule has 4 nitrogen and oxygen atoms in total. The zero-order chi connectivity index (χ0) is 13.1. The van der Waals surface area contributed by atoms with Crippen molar-refractivity contribution in [3.63, 3.8) is 0 Å². The van der Waals surface area contributed by atoms with E-state index in [1.165, 1.54) is 38.5 Å². The highest BCUT2D eigenvalue weighted by Crippen LogP contribution is 2.43. The Morgan fingerprint density at radius 3 is 3.00 bits per heavy atom. The van der Waals surface area contributed by atoms with Crippen molar-refractivity contribution < 1.29 is 4.74 Å². The molecular weight excluding hydrogens is 238 g/mol. The lowest BCUT2D eigenvalue weighted by molar-refractivity contribution is -0.0358. The molecule has 2 unspecified atom stereocenters. The van der Waals surface area contributed by atoms with Gasteiger partial charge in [0.2, 0.25) is 0 Å². The SMILES string of the molecule is CC(Cn1cccn1)NCC1CCC2(CCCC2)O1. The van der Waals surface area contributed by atoms with Crippen molar-refractivity contribution in [3.05, 3.63) is 18.5 Å². The van der Waals surface area contributed by atoms with Gasteiger partial charge in [-0.05, 0) is 38.7 Å². The fourth-order valence-electron chi connectivity index (χ4n) is 3.51. The molecular formula is C15H25N3O. The van der Waals surface area contributed by atoms with Gasteiger partial charge in [0.15, 0.2) is 0 Å². The summed E-state index contributed by atoms with van der Waals surface area (Å²) < 4.78 is 8.29. The molecule has 1 saturated heterocycles. The molecule has 2 atom stereocenters. The summed E-state index contributed by atoms with van der Waals surface area (Å²) in [6.45, 7) is 4.11. The molecule has 0 bridgehead atoms. The topological polar surface area (TPSA) is 39.1 Å². The predicted molar refractivity (Wildman–Crippen MR) is 75.0 cm³/mol. The molecule has 1 saturated carbocycles. The molecule has 1 aliphatic heterocycles. The molecule has 4 heteroatoms. The first kappa shape index (κ1) is 13.1. The van der Waals surface area contributed by atoms with Gasteiger partial charge in [-0.15, -0.1) is 0 Å². The fourth-order valence-corrected chi connectivity index (χ4v) is 3.51. The van der Waals surface area contributed by atoms with Crippen LogP contribution in [0.5, 0.6) is 0 Å². The number of rotatable bonds is 5. The first-order valence-corrected chi connectivity index (χ1v) is 7.64. The molecule has 0 aromatic carbocycles. The fraction of sp³-hybridized carbons (Fsp3) is 0.800. The quantitative estimate of drug-likeness (QED) is 0.886. The summed E-state index contributed by atoms with van der Waals surface area (Å²) in [5.41, 5.74) is 0.261. The largest absolute Gasteiger partial charge is 0.370 e. The Hall–Kier alpha value is -0.870. The van der Waals surface area contributed by atoms with Crippen LogP contribution in [0.1, 0.15) is 45.4 Å². The Morgan fingerprint density at radius 1 is 1.42 bits per heavy atom. The van der Waals surface area contributed by atoms with Crippen LogP contribution in [-0.4, -0.2) is 34.1 Å². The van der Waals surface area contributed by atoms with Gasteiger partial charge >= 0.3 is 0 Å². The van der Waals surface area contributed by atoms with Crippen molar-refractivity contribution in [1.29, 1.82) is 0 Å². The van der Waals surface area contributed by atoms with E-state index in [0.29, 0.717) is 12.1 Å². The van der Waals surface area contributed by atoms with Gasteiger partial charge in [-0.25, -0.2) is 0 Å². The van der Waals surface area contributed by atoms with Crippen LogP contribution in [0.3, 0.4) is 0 Å². The van der Waals surface area contributed by atoms with E-state index in [1.54, 1.807) is 0 Å². The molecule has 0 amide bonds. The Bertz CT molecular complexity index is 384. The Balaban J connectivity index is 1.40. The molecule has 2 fully saturated rings. The molecule has 1 aromatic rings. The van der Waals surface area contributed by atoms with Crippen molar-refractivity contribution in [1.82, 2.24) is 15.1 Å². The zero-order valence-corrected chi connectivity index (χ0v) is 11.8. The highest BCUT2D eigenvalue weighted by molar-refractivity contribution is 4.93. The van der Waals surface area contributed by atoms with Crippen LogP contribution < -0.4 is 5.32 Å². The molecule has 2 heterocycles. The highest BCUT2D eigenvalue weighted by Gasteiger charge is 2.41. The van der Waals surface area contributed by atoms with Gasteiger partial charge in [0.05, 0.1) is 18.2 Å². The summed E-state index contributed by atoms with van der Waals surface area (Å²) in [7, 11) is 0. The molecule has 19 heavy (non-hydrogen) atoms. The number of aromatic nitrogens is 2. The maximum absolute atomic E-state index is 6.31. The first-order chi connectivity index (χ1) is 9.26. The summed E-state index contributed by atoms with van der Waals surface area (Å²) in [4.78, 5) is 0. The van der Waals surface area contributed by atoms with Crippen molar-refractivity contribution >= 4 is 0 Å². The lowest BCUT2D eigenvalue weighted by Gasteiger charge is -2.24. The van der Waals surface area contributed by atoms with E-state index in [4.69, 9.17) is 4.74 Å². The Kier molecular flexibility index (Phi) is 3.89. The Labute approximate surface area is 115 Å². The van der Waals surface area contributed by atoms with E-state index in [0.717, 1.165) is 13.1 Å². The standard InChI is InChI=1S/C15H25N3O/c1-13(12-18-10-4-9-17-18)16-11-14-5-8-15(19-14)6-2-3-7-15/h4,9-10,13-14,16H,2-3,5-8,11-12H2,1H3. The van der Waals surface area contributed by atoms with Gasteiger partial charge < -0.3 is 10.1 Å². The lowest BCUT2D eigenvalue weighted by Crippen LogP contribution is -2.37. The van der Waals surface area contributed by atoms with Crippen LogP contribution in [0.25, 0.3) is 0 Å². The van der Waals surface area contributed by atoms with E-state index in [9.17, 15) is 0 Å². The molecule has 0 radical (unpaired) electrons. The number of ether oxygens (including phenoxy) is 1. The van der Waals surface area contributed by atoms with Crippen LogP contribution in [0.15, 0.2) is 18.5 Å². The molecule has 2 aliphatic rings. The predicted octanol–water partition coefficient (Wildman–Crippen LogP) is 2.35. The van der Waals surface area contributed by atoms with E-state index in [2.05, 4.69) is 17.3 Å². The average Bonchev–Trinajstić information content (AvgIpc) is 3.12. The maximum atomic E-state index is 6.31. The average molecular weight is 263 g/mol. The lowest BCUT2D eigenvalue weighted by atomic mass is 9.98. The first-order valence-electron chi connectivity index (χ1n) is 7.64. The Morgan fingerprint density at radius 2 is 2.26 bits per heavy atom. The van der Waals surface area contributed by atoms with E-state index in [-0.39, 0.29) is 5.60 Å². The second-order valence-electron chi connectivity index (χ2n) is 6.21. The van der Waals surface area contributed by atoms with Crippen molar-refractivity contribution in [2.45, 2.75) is 69.7 Å². The maximum Gasteiger partial charge on any atom is 0.0708 e. The molecule has 1 spiro atoms. The molecule has 1 N–H and O–H groups in total. The normalized spacial score (nSPS) is 27.1. The van der Waals surface area contributed by atoms with Gasteiger partial charge in [0.1, 0.15) is 0 Å². The summed E-state index contributed by atoms with van der Waals surface area (Å²) in [6, 6.07) is 2.40. The highest BCUT2D eigenvalue weighted by atomic mass is 16.5. The van der Waals surface area contributed by atoms with Crippen molar-refractivity contribution in [2.24, 2.45) is 0 Å². The van der Waals surface area contributed by atoms with Crippen LogP contribution in [0.2, 0.25) is 0 Å². The summed E-state index contributed by atoms with van der Waals surface area (Å²) in [5, 5.41) is 7.82. The third kappa shape index (κ3) is 3.18. The van der Waals surface area contributed by atoms with Gasteiger partial charge in [-0.3, -0.25) is 4.68 Å². The van der Waals surface area contributed by atoms with Crippen LogP contribution in [0, 0.1) is 0 Å². The molecule has 1 aliphatic carbocycles. The summed E-state index contributed by atoms with van der Waals surface area (Å²) in [6.07, 6.45) is 12.0. The second-order valence-corrected chi connectivity index (χ2v) is 6.21. The van der Waals surface area contributed by atoms with Gasteiger partial charge in [-0.1, -0.05) is 12.8 Å². The smallest absolute Gasteiger partial charge is 0.0708 e. The van der Waals surface area contributed by atoms with E-state index < -0.39 is 0 Å². The second kappa shape index (κ2) is 5.63. The van der Waals surface area contributed by atoms with Gasteiger partial charge in [0.25, 0.3) is 0 Å². The third-order valence-electron chi connectivity index (χ3n) is 4.57. The minimum Gasteiger partial charge on any atom is -0.370 e. The van der Waals surface area contributed by atoms with Gasteiger partial charge in [-0.2, -0.15) is 5.10 Å². The number of hydrogen-bond donors (Lipinski definition) is 1. The van der Waals surface area contributed by atoms with E-state index >= 15 is 0 Å². The minimum absolute atomic E-state index is 0.261. The zero-order valence-electron chi connectivity index (χ0n) is 11.8. The number of nitrogens with one attached hydrogen (secondary N) is 1. The third-order valence-corrected chi connectivity index (χ3v) is 4.57. The number of nitrogens with zero attached hydrogens (tertiary/aromatic N) is 2.